The van der Waals surface area contributed by atoms with Gasteiger partial charge >= 0.3 is 5.97 Å². The number of hydrogen-bond donors (Lipinski definition) is 0. The number of carbonyl (C=O) groups excluding carboxylic acids is 1. The maximum atomic E-state index is 12.7. The lowest BCUT2D eigenvalue weighted by atomic mass is 9.68. The molecule has 4 aromatic rings. The number of benzene rings is 4. The van der Waals surface area contributed by atoms with Crippen molar-refractivity contribution in [2.75, 3.05) is 0 Å². The molecule has 1 aliphatic rings. The Morgan fingerprint density at radius 3 is 1.56 bits per heavy atom. The third-order valence-electron chi connectivity index (χ3n) is 8.42. The minimum absolute atomic E-state index is 0.213. The summed E-state index contributed by atoms with van der Waals surface area (Å²) in [4.78, 5) is 12.7. The molecule has 4 aromatic carbocycles. The summed E-state index contributed by atoms with van der Waals surface area (Å²) in [6.45, 7) is 12.2. The van der Waals surface area contributed by atoms with Gasteiger partial charge in [0.05, 0.1) is 10.8 Å². The molecule has 0 radical (unpaired) electrons. The molecule has 1 aliphatic carbocycles. The number of esters is 1. The van der Waals surface area contributed by atoms with Gasteiger partial charge in [0.2, 0.25) is 0 Å². The van der Waals surface area contributed by atoms with E-state index in [2.05, 4.69) is 106 Å². The van der Waals surface area contributed by atoms with Crippen molar-refractivity contribution in [1.82, 2.24) is 0 Å². The lowest BCUT2D eigenvalue weighted by Crippen LogP contribution is -2.29. The van der Waals surface area contributed by atoms with Crippen molar-refractivity contribution >= 4 is 5.97 Å². The van der Waals surface area contributed by atoms with Gasteiger partial charge in [-0.15, -0.1) is 0 Å². The second-order valence-electron chi connectivity index (χ2n) is 11.7. The minimum Gasteiger partial charge on any atom is -0.488 e. The lowest BCUT2D eigenvalue weighted by molar-refractivity contribution is -0.144. The van der Waals surface area contributed by atoms with Gasteiger partial charge in [-0.1, -0.05) is 86.6 Å². The molecule has 0 saturated heterocycles. The van der Waals surface area contributed by atoms with E-state index in [1.807, 2.05) is 32.9 Å². The molecule has 0 fully saturated rings. The Labute approximate surface area is 232 Å². The number of fused-ring (bicyclic) bond motifs is 3. The molecule has 0 unspecified atom stereocenters. The van der Waals surface area contributed by atoms with Crippen LogP contribution in [0.1, 0.15) is 76.6 Å². The van der Waals surface area contributed by atoms with Crippen molar-refractivity contribution in [1.29, 1.82) is 0 Å². The van der Waals surface area contributed by atoms with E-state index in [-0.39, 0.29) is 11.6 Å². The van der Waals surface area contributed by atoms with Gasteiger partial charge in [-0.25, -0.2) is 0 Å². The molecule has 0 spiro atoms. The Hall–Kier alpha value is -3.85. The zero-order valence-electron chi connectivity index (χ0n) is 23.9. The number of hydrogen-bond acceptors (Lipinski definition) is 3. The summed E-state index contributed by atoms with van der Waals surface area (Å²) < 4.78 is 12.1. The van der Waals surface area contributed by atoms with Gasteiger partial charge in [0.1, 0.15) is 17.1 Å². The normalized spacial score (nSPS) is 13.9. The highest BCUT2D eigenvalue weighted by molar-refractivity contribution is 5.86. The van der Waals surface area contributed by atoms with Gasteiger partial charge in [0, 0.05) is 0 Å². The highest BCUT2D eigenvalue weighted by Crippen LogP contribution is 2.56. The van der Waals surface area contributed by atoms with Crippen LogP contribution in [0.3, 0.4) is 0 Å². The van der Waals surface area contributed by atoms with Gasteiger partial charge in [0.25, 0.3) is 0 Å². The molecule has 0 aromatic heterocycles. The predicted molar refractivity (Wildman–Crippen MR) is 158 cm³/mol. The Bertz CT molecular complexity index is 1430. The first-order chi connectivity index (χ1) is 18.6. The average Bonchev–Trinajstić information content (AvgIpc) is 3.25. The van der Waals surface area contributed by atoms with Crippen molar-refractivity contribution in [3.63, 3.8) is 0 Å². The zero-order valence-corrected chi connectivity index (χ0v) is 23.9. The summed E-state index contributed by atoms with van der Waals surface area (Å²) >= 11 is 0. The Balaban J connectivity index is 1.65. The highest BCUT2D eigenvalue weighted by atomic mass is 16.5. The van der Waals surface area contributed by atoms with Crippen LogP contribution >= 0.6 is 0 Å². The van der Waals surface area contributed by atoms with Crippen LogP contribution in [0, 0.1) is 5.41 Å². The van der Waals surface area contributed by atoms with Crippen molar-refractivity contribution in [3.05, 3.63) is 119 Å². The first-order valence-corrected chi connectivity index (χ1v) is 13.9. The second kappa shape index (κ2) is 10.0. The van der Waals surface area contributed by atoms with Crippen LogP contribution in [-0.2, 0) is 10.2 Å². The van der Waals surface area contributed by atoms with Gasteiger partial charge < -0.3 is 9.47 Å². The fourth-order valence-corrected chi connectivity index (χ4v) is 5.35. The monoisotopic (exact) mass is 518 g/mol. The molecule has 39 heavy (non-hydrogen) atoms. The number of ether oxygens (including phenoxy) is 2. The SMILES string of the molecule is CCC(C)(C)Oc1ccc(C2(c3ccc(OC(=O)C(C)(C)CC)cc3)c3ccccc3-c3ccccc32)cc1. The molecule has 3 heteroatoms. The molecule has 0 amide bonds. The standard InChI is InChI=1S/C36H38O3/c1-7-34(3,4)33(37)38-27-21-17-25(18-22-27)36(26-19-23-28(24-20-26)39-35(5,6)8-2)31-15-11-9-13-29(31)30-14-10-12-16-32(30)36/h9-24H,7-8H2,1-6H3. The molecule has 0 N–H and O–H groups in total. The van der Waals surface area contributed by atoms with Crippen LogP contribution in [0.4, 0.5) is 0 Å². The Morgan fingerprint density at radius 1 is 0.641 bits per heavy atom. The molecule has 200 valence electrons. The first-order valence-electron chi connectivity index (χ1n) is 13.9. The molecule has 0 heterocycles. The summed E-state index contributed by atoms with van der Waals surface area (Å²) in [7, 11) is 0. The van der Waals surface area contributed by atoms with E-state index in [1.165, 1.54) is 27.8 Å². The lowest BCUT2D eigenvalue weighted by Gasteiger charge is -2.34. The second-order valence-corrected chi connectivity index (χ2v) is 11.7. The fourth-order valence-electron chi connectivity index (χ4n) is 5.35. The predicted octanol–water partition coefficient (Wildman–Crippen LogP) is 8.96. The molecule has 0 saturated carbocycles. The largest absolute Gasteiger partial charge is 0.488 e. The third-order valence-corrected chi connectivity index (χ3v) is 8.42. The Morgan fingerprint density at radius 2 is 1.10 bits per heavy atom. The van der Waals surface area contributed by atoms with Crippen molar-refractivity contribution in [2.24, 2.45) is 5.41 Å². The molecular weight excluding hydrogens is 480 g/mol. The van der Waals surface area contributed by atoms with Crippen molar-refractivity contribution < 1.29 is 14.3 Å². The topological polar surface area (TPSA) is 35.5 Å². The van der Waals surface area contributed by atoms with E-state index in [1.54, 1.807) is 0 Å². The zero-order chi connectivity index (χ0) is 27.8. The summed E-state index contributed by atoms with van der Waals surface area (Å²) in [6, 6.07) is 33.9. The maximum Gasteiger partial charge on any atom is 0.316 e. The first kappa shape index (κ1) is 26.7. The summed E-state index contributed by atoms with van der Waals surface area (Å²) in [5, 5.41) is 0. The number of carbonyl (C=O) groups is 1. The smallest absolute Gasteiger partial charge is 0.316 e. The number of rotatable bonds is 8. The van der Waals surface area contributed by atoms with Gasteiger partial charge in [-0.05, 0) is 98.2 Å². The molecular formula is C36H38O3. The van der Waals surface area contributed by atoms with E-state index in [9.17, 15) is 4.79 Å². The van der Waals surface area contributed by atoms with E-state index < -0.39 is 10.8 Å². The van der Waals surface area contributed by atoms with Crippen LogP contribution in [-0.4, -0.2) is 11.6 Å². The van der Waals surface area contributed by atoms with Crippen LogP contribution in [0.5, 0.6) is 11.5 Å². The van der Waals surface area contributed by atoms with E-state index >= 15 is 0 Å². The molecule has 3 nitrogen and oxygen atoms in total. The summed E-state index contributed by atoms with van der Waals surface area (Å²) in [5.74, 6) is 1.21. The maximum absolute atomic E-state index is 12.7. The van der Waals surface area contributed by atoms with Crippen LogP contribution in [0.25, 0.3) is 11.1 Å². The Kier molecular flexibility index (Phi) is 6.88. The van der Waals surface area contributed by atoms with Gasteiger partial charge in [-0.3, -0.25) is 4.79 Å². The minimum atomic E-state index is -0.528. The average molecular weight is 519 g/mol. The van der Waals surface area contributed by atoms with Crippen LogP contribution in [0.2, 0.25) is 0 Å². The van der Waals surface area contributed by atoms with Crippen LogP contribution < -0.4 is 9.47 Å². The fraction of sp³-hybridized carbons (Fsp3) is 0.306. The van der Waals surface area contributed by atoms with Crippen molar-refractivity contribution in [3.8, 4) is 22.6 Å². The highest BCUT2D eigenvalue weighted by Gasteiger charge is 2.46. The summed E-state index contributed by atoms with van der Waals surface area (Å²) in [5.41, 5.74) is 5.97. The third kappa shape index (κ3) is 4.65. The van der Waals surface area contributed by atoms with Crippen molar-refractivity contribution in [2.45, 2.75) is 65.4 Å². The molecule has 5 rings (SSSR count). The van der Waals surface area contributed by atoms with E-state index in [4.69, 9.17) is 9.47 Å². The van der Waals surface area contributed by atoms with Gasteiger partial charge in [0.15, 0.2) is 0 Å². The van der Waals surface area contributed by atoms with Gasteiger partial charge in [-0.2, -0.15) is 0 Å². The van der Waals surface area contributed by atoms with Crippen LogP contribution in [0.15, 0.2) is 97.1 Å². The molecule has 0 bridgehead atoms. The molecule has 0 aliphatic heterocycles. The van der Waals surface area contributed by atoms with E-state index in [0.717, 1.165) is 24.2 Å². The quantitative estimate of drug-likeness (QED) is 0.152. The molecule has 0 atom stereocenters. The van der Waals surface area contributed by atoms with E-state index in [0.29, 0.717) is 5.75 Å². The summed E-state index contributed by atoms with van der Waals surface area (Å²) in [6.07, 6.45) is 1.64.